The molecule has 0 spiro atoms. The summed E-state index contributed by atoms with van der Waals surface area (Å²) in [5.74, 6) is -0.690. The van der Waals surface area contributed by atoms with Crippen molar-refractivity contribution in [3.05, 3.63) is 0 Å². The van der Waals surface area contributed by atoms with E-state index < -0.39 is 5.97 Å². The van der Waals surface area contributed by atoms with E-state index in [-0.39, 0.29) is 5.92 Å². The summed E-state index contributed by atoms with van der Waals surface area (Å²) < 4.78 is 0.714. The molecule has 72 valence electrons. The Morgan fingerprint density at radius 1 is 1.77 bits per heavy atom. The number of aliphatic carboxylic acids is 1. The van der Waals surface area contributed by atoms with E-state index >= 15 is 0 Å². The van der Waals surface area contributed by atoms with Crippen molar-refractivity contribution < 1.29 is 9.90 Å². The van der Waals surface area contributed by atoms with Crippen molar-refractivity contribution in [3.63, 3.8) is 0 Å². The number of rotatable bonds is 4. The normalized spacial score (nSPS) is 12.7. The molecule has 0 aliphatic carbocycles. The molecule has 1 heterocycles. The van der Waals surface area contributed by atoms with E-state index in [0.717, 1.165) is 0 Å². The molecule has 0 saturated carbocycles. The number of aromatic nitrogens is 2. The zero-order valence-corrected chi connectivity index (χ0v) is 8.56. The Labute approximate surface area is 83.4 Å². The van der Waals surface area contributed by atoms with Gasteiger partial charge in [0.1, 0.15) is 0 Å². The van der Waals surface area contributed by atoms with Crippen molar-refractivity contribution in [2.24, 2.45) is 5.92 Å². The van der Waals surface area contributed by atoms with Crippen LogP contribution in [0, 0.1) is 5.92 Å². The largest absolute Gasteiger partial charge is 0.481 e. The van der Waals surface area contributed by atoms with Gasteiger partial charge in [-0.15, -0.1) is 10.2 Å². The van der Waals surface area contributed by atoms with E-state index in [2.05, 4.69) is 10.2 Å². The van der Waals surface area contributed by atoms with Crippen molar-refractivity contribution in [3.8, 4) is 0 Å². The molecule has 0 saturated heterocycles. The maximum atomic E-state index is 10.5. The number of hydrogen-bond acceptors (Lipinski definition) is 6. The first-order chi connectivity index (χ1) is 6.09. The molecule has 0 aliphatic heterocycles. The number of nitrogens with zero attached hydrogens (tertiary/aromatic N) is 2. The van der Waals surface area contributed by atoms with E-state index in [1.165, 1.54) is 23.1 Å². The average molecular weight is 219 g/mol. The van der Waals surface area contributed by atoms with E-state index in [9.17, 15) is 4.79 Å². The summed E-state index contributed by atoms with van der Waals surface area (Å²) in [7, 11) is 0. The van der Waals surface area contributed by atoms with E-state index in [1.807, 2.05) is 0 Å². The molecule has 13 heavy (non-hydrogen) atoms. The smallest absolute Gasteiger partial charge is 0.307 e. The van der Waals surface area contributed by atoms with Crippen LogP contribution in [0.3, 0.4) is 0 Å². The van der Waals surface area contributed by atoms with Gasteiger partial charge in [0.05, 0.1) is 5.92 Å². The molecule has 1 aromatic rings. The van der Waals surface area contributed by atoms with Crippen molar-refractivity contribution in [1.29, 1.82) is 0 Å². The molecule has 7 heteroatoms. The number of anilines is 1. The lowest BCUT2D eigenvalue weighted by Crippen LogP contribution is -2.11. The first-order valence-corrected chi connectivity index (χ1v) is 5.34. The van der Waals surface area contributed by atoms with Gasteiger partial charge in [-0.1, -0.05) is 30.0 Å². The van der Waals surface area contributed by atoms with Crippen molar-refractivity contribution in [1.82, 2.24) is 10.2 Å². The SMILES string of the molecule is CC(CSc1nnc(N)s1)C(=O)O. The lowest BCUT2D eigenvalue weighted by atomic mass is 10.2. The Morgan fingerprint density at radius 3 is 2.92 bits per heavy atom. The number of nitrogen functional groups attached to an aromatic ring is 1. The van der Waals surface area contributed by atoms with Crippen LogP contribution in [-0.2, 0) is 4.79 Å². The van der Waals surface area contributed by atoms with Crippen LogP contribution in [0.4, 0.5) is 5.13 Å². The van der Waals surface area contributed by atoms with Crippen LogP contribution in [0.15, 0.2) is 4.34 Å². The zero-order valence-electron chi connectivity index (χ0n) is 6.93. The molecule has 0 aromatic carbocycles. The molecule has 5 nitrogen and oxygen atoms in total. The second kappa shape index (κ2) is 4.43. The second-order valence-corrected chi connectivity index (χ2v) is 4.73. The van der Waals surface area contributed by atoms with E-state index in [1.54, 1.807) is 6.92 Å². The fourth-order valence-electron chi connectivity index (χ4n) is 0.546. The maximum absolute atomic E-state index is 10.5. The number of carboxylic acids is 1. The minimum atomic E-state index is -0.801. The van der Waals surface area contributed by atoms with Crippen LogP contribution < -0.4 is 5.73 Å². The predicted octanol–water partition coefficient (Wildman–Crippen LogP) is 0.933. The third-order valence-corrected chi connectivity index (χ3v) is 3.45. The fourth-order valence-corrected chi connectivity index (χ4v) is 2.22. The molecule has 1 aromatic heterocycles. The molecule has 1 rings (SSSR count). The summed E-state index contributed by atoms with van der Waals surface area (Å²) in [5.41, 5.74) is 5.36. The molecule has 0 fully saturated rings. The van der Waals surface area contributed by atoms with Gasteiger partial charge in [0.2, 0.25) is 5.13 Å². The molecule has 0 bridgehead atoms. The topological polar surface area (TPSA) is 89.1 Å². The van der Waals surface area contributed by atoms with Gasteiger partial charge in [-0.25, -0.2) is 0 Å². The van der Waals surface area contributed by atoms with Crippen LogP contribution in [0.2, 0.25) is 0 Å². The number of hydrogen-bond donors (Lipinski definition) is 2. The van der Waals surface area contributed by atoms with Crippen molar-refractivity contribution in [2.75, 3.05) is 11.5 Å². The standard InChI is InChI=1S/C6H9N3O2S2/c1-3(4(10)11)2-12-6-9-8-5(7)13-6/h3H,2H2,1H3,(H2,7,8)(H,10,11). The Morgan fingerprint density at radius 2 is 2.46 bits per heavy atom. The highest BCUT2D eigenvalue weighted by Gasteiger charge is 2.12. The van der Waals surface area contributed by atoms with E-state index in [4.69, 9.17) is 10.8 Å². The third kappa shape index (κ3) is 3.19. The first-order valence-electron chi connectivity index (χ1n) is 3.54. The molecule has 1 atom stereocenters. The number of carboxylic acid groups (broad SMARTS) is 1. The summed E-state index contributed by atoms with van der Waals surface area (Å²) >= 11 is 2.63. The molecule has 0 radical (unpaired) electrons. The first kappa shape index (κ1) is 10.3. The molecule has 0 amide bonds. The van der Waals surface area contributed by atoms with Crippen LogP contribution in [0.5, 0.6) is 0 Å². The van der Waals surface area contributed by atoms with Crippen LogP contribution in [0.1, 0.15) is 6.92 Å². The Hall–Kier alpha value is -0.820. The van der Waals surface area contributed by atoms with Crippen LogP contribution in [0.25, 0.3) is 0 Å². The highest BCUT2D eigenvalue weighted by Crippen LogP contribution is 2.25. The monoisotopic (exact) mass is 219 g/mol. The summed E-state index contributed by atoms with van der Waals surface area (Å²) in [6, 6.07) is 0. The summed E-state index contributed by atoms with van der Waals surface area (Å²) in [6.45, 7) is 1.65. The highest BCUT2D eigenvalue weighted by atomic mass is 32.2. The third-order valence-electron chi connectivity index (χ3n) is 1.30. The summed E-state index contributed by atoms with van der Waals surface area (Å²) in [4.78, 5) is 10.5. The van der Waals surface area contributed by atoms with Gasteiger partial charge in [0.25, 0.3) is 0 Å². The number of carbonyl (C=O) groups is 1. The van der Waals surface area contributed by atoms with E-state index in [0.29, 0.717) is 15.2 Å². The fraction of sp³-hybridized carbons (Fsp3) is 0.500. The molecule has 3 N–H and O–H groups in total. The highest BCUT2D eigenvalue weighted by molar-refractivity contribution is 8.01. The van der Waals surface area contributed by atoms with Gasteiger partial charge in [-0.3, -0.25) is 4.79 Å². The molecule has 1 unspecified atom stereocenters. The van der Waals surface area contributed by atoms with Gasteiger partial charge in [-0.2, -0.15) is 0 Å². The summed E-state index contributed by atoms with van der Waals surface area (Å²) in [6.07, 6.45) is 0. The average Bonchev–Trinajstić information content (AvgIpc) is 2.47. The van der Waals surface area contributed by atoms with Crippen molar-refractivity contribution >= 4 is 34.2 Å². The molecular weight excluding hydrogens is 210 g/mol. The number of thioether (sulfide) groups is 1. The quantitative estimate of drug-likeness (QED) is 0.732. The Bertz CT molecular complexity index is 302. The molecular formula is C6H9N3O2S2. The maximum Gasteiger partial charge on any atom is 0.307 e. The van der Waals surface area contributed by atoms with Gasteiger partial charge in [0.15, 0.2) is 4.34 Å². The molecule has 0 aliphatic rings. The summed E-state index contributed by atoms with van der Waals surface area (Å²) in [5, 5.41) is 16.4. The van der Waals surface area contributed by atoms with Crippen molar-refractivity contribution in [2.45, 2.75) is 11.3 Å². The Kier molecular flexibility index (Phi) is 3.49. The second-order valence-electron chi connectivity index (χ2n) is 2.46. The van der Waals surface area contributed by atoms with Gasteiger partial charge in [-0.05, 0) is 0 Å². The minimum absolute atomic E-state index is 0.380. The van der Waals surface area contributed by atoms with Gasteiger partial charge < -0.3 is 10.8 Å². The number of nitrogens with two attached hydrogens (primary N) is 1. The lowest BCUT2D eigenvalue weighted by molar-refractivity contribution is -0.140. The van der Waals surface area contributed by atoms with Crippen LogP contribution in [-0.4, -0.2) is 27.0 Å². The minimum Gasteiger partial charge on any atom is -0.481 e. The zero-order chi connectivity index (χ0) is 9.84. The predicted molar refractivity (Wildman–Crippen MR) is 51.8 cm³/mol. The lowest BCUT2D eigenvalue weighted by Gasteiger charge is -2.01. The Balaban J connectivity index is 2.39. The van der Waals surface area contributed by atoms with Gasteiger partial charge >= 0.3 is 5.97 Å². The van der Waals surface area contributed by atoms with Gasteiger partial charge in [0, 0.05) is 5.75 Å². The van der Waals surface area contributed by atoms with Crippen LogP contribution >= 0.6 is 23.1 Å².